The topological polar surface area (TPSA) is 37.3 Å². The SMILES string of the molecule is C=C(CC12CCC(CC1)CC2)C(=O)O. The number of carboxylic acids is 1. The van der Waals surface area contributed by atoms with E-state index in [1.165, 1.54) is 38.5 Å². The number of aliphatic carboxylic acids is 1. The summed E-state index contributed by atoms with van der Waals surface area (Å²) < 4.78 is 0. The molecule has 0 aromatic heterocycles. The average Bonchev–Trinajstić information content (AvgIpc) is 2.19. The third-order valence-electron chi connectivity index (χ3n) is 4.14. The Labute approximate surface area is 85.0 Å². The zero-order valence-corrected chi connectivity index (χ0v) is 8.59. The van der Waals surface area contributed by atoms with Crippen LogP contribution in [0.2, 0.25) is 0 Å². The van der Waals surface area contributed by atoms with Gasteiger partial charge in [0.05, 0.1) is 0 Å². The highest BCUT2D eigenvalue weighted by Crippen LogP contribution is 2.53. The molecule has 0 amide bonds. The molecule has 0 radical (unpaired) electrons. The molecule has 14 heavy (non-hydrogen) atoms. The molecule has 0 saturated heterocycles. The molecule has 3 rings (SSSR count). The Hall–Kier alpha value is -0.790. The highest BCUT2D eigenvalue weighted by atomic mass is 16.4. The van der Waals surface area contributed by atoms with Gasteiger partial charge in [-0.05, 0) is 56.3 Å². The summed E-state index contributed by atoms with van der Waals surface area (Å²) in [7, 11) is 0. The lowest BCUT2D eigenvalue weighted by atomic mass is 9.59. The van der Waals surface area contributed by atoms with Crippen molar-refractivity contribution in [3.05, 3.63) is 12.2 Å². The summed E-state index contributed by atoms with van der Waals surface area (Å²) in [6.45, 7) is 3.66. The lowest BCUT2D eigenvalue weighted by molar-refractivity contribution is -0.133. The Morgan fingerprint density at radius 1 is 1.29 bits per heavy atom. The van der Waals surface area contributed by atoms with Crippen molar-refractivity contribution in [1.29, 1.82) is 0 Å². The van der Waals surface area contributed by atoms with E-state index in [-0.39, 0.29) is 0 Å². The Morgan fingerprint density at radius 3 is 2.21 bits per heavy atom. The molecule has 0 aliphatic heterocycles. The largest absolute Gasteiger partial charge is 0.478 e. The van der Waals surface area contributed by atoms with Gasteiger partial charge in [-0.25, -0.2) is 4.79 Å². The van der Waals surface area contributed by atoms with E-state index in [2.05, 4.69) is 6.58 Å². The van der Waals surface area contributed by atoms with E-state index < -0.39 is 5.97 Å². The number of fused-ring (bicyclic) bond motifs is 3. The number of carbonyl (C=O) groups is 1. The quantitative estimate of drug-likeness (QED) is 0.701. The minimum Gasteiger partial charge on any atom is -0.478 e. The molecule has 3 aliphatic rings. The first-order valence-electron chi connectivity index (χ1n) is 5.52. The van der Waals surface area contributed by atoms with Crippen LogP contribution in [0.4, 0.5) is 0 Å². The minimum atomic E-state index is -0.813. The summed E-state index contributed by atoms with van der Waals surface area (Å²) in [4.78, 5) is 10.7. The summed E-state index contributed by atoms with van der Waals surface area (Å²) in [5.74, 6) is 0.127. The molecule has 2 nitrogen and oxygen atoms in total. The normalized spacial score (nSPS) is 35.6. The van der Waals surface area contributed by atoms with E-state index in [0.717, 1.165) is 12.3 Å². The van der Waals surface area contributed by atoms with Gasteiger partial charge in [0.1, 0.15) is 0 Å². The van der Waals surface area contributed by atoms with Crippen LogP contribution in [0.25, 0.3) is 0 Å². The molecule has 1 N–H and O–H groups in total. The van der Waals surface area contributed by atoms with Crippen LogP contribution in [-0.2, 0) is 4.79 Å². The standard InChI is InChI=1S/C12H18O2/c1-9(11(13)14)8-12-5-2-10(3-6-12)4-7-12/h10H,1-8H2,(H,13,14). The third-order valence-corrected chi connectivity index (χ3v) is 4.14. The van der Waals surface area contributed by atoms with Crippen molar-refractivity contribution >= 4 is 5.97 Å². The molecule has 0 atom stereocenters. The Kier molecular flexibility index (Phi) is 2.38. The first kappa shape index (κ1) is 9.75. The molecule has 3 saturated carbocycles. The van der Waals surface area contributed by atoms with Crippen molar-refractivity contribution < 1.29 is 9.90 Å². The van der Waals surface area contributed by atoms with Crippen LogP contribution in [0.15, 0.2) is 12.2 Å². The van der Waals surface area contributed by atoms with Gasteiger partial charge in [0, 0.05) is 5.57 Å². The van der Waals surface area contributed by atoms with Gasteiger partial charge in [0.25, 0.3) is 0 Å². The second-order valence-electron chi connectivity index (χ2n) is 5.07. The van der Waals surface area contributed by atoms with Gasteiger partial charge in [-0.2, -0.15) is 0 Å². The molecular weight excluding hydrogens is 176 g/mol. The molecule has 2 bridgehead atoms. The fourth-order valence-corrected chi connectivity index (χ4v) is 3.13. The Morgan fingerprint density at radius 2 is 1.79 bits per heavy atom. The zero-order chi connectivity index (χ0) is 10.2. The van der Waals surface area contributed by atoms with Gasteiger partial charge in [-0.1, -0.05) is 6.58 Å². The maximum Gasteiger partial charge on any atom is 0.330 e. The van der Waals surface area contributed by atoms with E-state index in [4.69, 9.17) is 5.11 Å². The van der Waals surface area contributed by atoms with Crippen molar-refractivity contribution in [3.8, 4) is 0 Å². The van der Waals surface area contributed by atoms with Gasteiger partial charge in [0.2, 0.25) is 0 Å². The van der Waals surface area contributed by atoms with Crippen LogP contribution < -0.4 is 0 Å². The van der Waals surface area contributed by atoms with Crippen LogP contribution in [0.1, 0.15) is 44.9 Å². The van der Waals surface area contributed by atoms with Gasteiger partial charge >= 0.3 is 5.97 Å². The highest BCUT2D eigenvalue weighted by molar-refractivity contribution is 5.85. The maximum atomic E-state index is 10.7. The zero-order valence-electron chi connectivity index (χ0n) is 8.59. The second-order valence-corrected chi connectivity index (χ2v) is 5.07. The van der Waals surface area contributed by atoms with Crippen LogP contribution in [0.5, 0.6) is 0 Å². The second kappa shape index (κ2) is 3.41. The molecular formula is C12H18O2. The minimum absolute atomic E-state index is 0.310. The number of carboxylic acid groups (broad SMARTS) is 1. The molecule has 0 aromatic carbocycles. The molecule has 3 aliphatic carbocycles. The van der Waals surface area contributed by atoms with Crippen LogP contribution in [-0.4, -0.2) is 11.1 Å². The van der Waals surface area contributed by atoms with Crippen LogP contribution in [0.3, 0.4) is 0 Å². The van der Waals surface area contributed by atoms with Gasteiger partial charge in [-0.3, -0.25) is 0 Å². The van der Waals surface area contributed by atoms with Gasteiger partial charge < -0.3 is 5.11 Å². The van der Waals surface area contributed by atoms with Crippen LogP contribution >= 0.6 is 0 Å². The fourth-order valence-electron chi connectivity index (χ4n) is 3.13. The summed E-state index contributed by atoms with van der Waals surface area (Å²) in [5, 5.41) is 8.84. The van der Waals surface area contributed by atoms with Crippen molar-refractivity contribution in [1.82, 2.24) is 0 Å². The maximum absolute atomic E-state index is 10.7. The monoisotopic (exact) mass is 194 g/mol. The van der Waals surface area contributed by atoms with E-state index in [9.17, 15) is 4.79 Å². The van der Waals surface area contributed by atoms with E-state index in [1.807, 2.05) is 0 Å². The molecule has 78 valence electrons. The van der Waals surface area contributed by atoms with Crippen molar-refractivity contribution in [2.45, 2.75) is 44.9 Å². The van der Waals surface area contributed by atoms with Gasteiger partial charge in [0.15, 0.2) is 0 Å². The van der Waals surface area contributed by atoms with Crippen molar-refractivity contribution in [2.75, 3.05) is 0 Å². The Balaban J connectivity index is 2.01. The van der Waals surface area contributed by atoms with E-state index in [1.54, 1.807) is 0 Å². The van der Waals surface area contributed by atoms with E-state index >= 15 is 0 Å². The smallest absolute Gasteiger partial charge is 0.330 e. The van der Waals surface area contributed by atoms with Crippen LogP contribution in [0, 0.1) is 11.3 Å². The van der Waals surface area contributed by atoms with Crippen molar-refractivity contribution in [2.24, 2.45) is 11.3 Å². The predicted molar refractivity (Wildman–Crippen MR) is 55.0 cm³/mol. The number of hydrogen-bond acceptors (Lipinski definition) is 1. The predicted octanol–water partition coefficient (Wildman–Crippen LogP) is 2.99. The molecule has 0 heterocycles. The number of rotatable bonds is 3. The first-order chi connectivity index (χ1) is 6.61. The average molecular weight is 194 g/mol. The summed E-state index contributed by atoms with van der Waals surface area (Å²) in [5.41, 5.74) is 0.717. The van der Waals surface area contributed by atoms with Crippen molar-refractivity contribution in [3.63, 3.8) is 0 Å². The molecule has 0 spiro atoms. The molecule has 0 aromatic rings. The summed E-state index contributed by atoms with van der Waals surface area (Å²) in [6, 6.07) is 0. The van der Waals surface area contributed by atoms with E-state index in [0.29, 0.717) is 11.0 Å². The fraction of sp³-hybridized carbons (Fsp3) is 0.750. The lowest BCUT2D eigenvalue weighted by Crippen LogP contribution is -2.34. The number of hydrogen-bond donors (Lipinski definition) is 1. The van der Waals surface area contributed by atoms with Gasteiger partial charge in [-0.15, -0.1) is 0 Å². The summed E-state index contributed by atoms with van der Waals surface area (Å²) in [6.07, 6.45) is 8.33. The highest BCUT2D eigenvalue weighted by Gasteiger charge is 2.40. The third kappa shape index (κ3) is 1.70. The first-order valence-corrected chi connectivity index (χ1v) is 5.52. The molecule has 0 unspecified atom stereocenters. The lowest BCUT2D eigenvalue weighted by Gasteiger charge is -2.46. The molecule has 2 heteroatoms. The summed E-state index contributed by atoms with van der Waals surface area (Å²) >= 11 is 0. The molecule has 3 fully saturated rings. The Bertz CT molecular complexity index is 246.